The van der Waals surface area contributed by atoms with Crippen molar-refractivity contribution in [1.82, 2.24) is 24.6 Å². The van der Waals surface area contributed by atoms with Gasteiger partial charge in [0.25, 0.3) is 0 Å². The van der Waals surface area contributed by atoms with Gasteiger partial charge in [-0.2, -0.15) is 5.10 Å². The van der Waals surface area contributed by atoms with Crippen molar-refractivity contribution < 1.29 is 13.9 Å². The van der Waals surface area contributed by atoms with E-state index < -0.39 is 23.3 Å². The molecule has 176 valence electrons. The van der Waals surface area contributed by atoms with E-state index in [1.807, 2.05) is 31.2 Å². The Labute approximate surface area is 208 Å². The van der Waals surface area contributed by atoms with Gasteiger partial charge in [-0.05, 0) is 25.1 Å². The molecule has 0 aliphatic carbocycles. The molecule has 1 aliphatic rings. The van der Waals surface area contributed by atoms with E-state index >= 15 is 0 Å². The van der Waals surface area contributed by atoms with E-state index in [-0.39, 0.29) is 12.1 Å². The highest BCUT2D eigenvalue weighted by molar-refractivity contribution is 9.10. The van der Waals surface area contributed by atoms with Crippen LogP contribution in [0.4, 0.5) is 8.78 Å². The molecule has 10 heteroatoms. The molecule has 2 aromatic heterocycles. The van der Waals surface area contributed by atoms with E-state index in [2.05, 4.69) is 30.9 Å². The van der Waals surface area contributed by atoms with E-state index in [0.717, 1.165) is 38.1 Å². The van der Waals surface area contributed by atoms with Crippen LogP contribution in [0.1, 0.15) is 23.1 Å². The molecule has 0 unspecified atom stereocenters. The zero-order valence-corrected chi connectivity index (χ0v) is 20.7. The molecule has 4 aromatic rings. The van der Waals surface area contributed by atoms with E-state index in [1.165, 1.54) is 29.5 Å². The SMILES string of the molecule is C[C@@H](N1CCc2nc(-c3cccc(Br)c3)sc2C1)[C@](O)(Cn1cncn1)c1ccc(F)cc1F. The lowest BCUT2D eigenvalue weighted by atomic mass is 9.85. The highest BCUT2D eigenvalue weighted by atomic mass is 79.9. The number of aromatic nitrogens is 4. The Morgan fingerprint density at radius 1 is 1.24 bits per heavy atom. The minimum atomic E-state index is -1.67. The van der Waals surface area contributed by atoms with E-state index in [9.17, 15) is 13.9 Å². The Kier molecular flexibility index (Phi) is 6.32. The average Bonchev–Trinajstić information content (AvgIpc) is 3.47. The van der Waals surface area contributed by atoms with Gasteiger partial charge in [0.15, 0.2) is 0 Å². The highest BCUT2D eigenvalue weighted by Gasteiger charge is 2.43. The third-order valence-electron chi connectivity index (χ3n) is 6.34. The summed E-state index contributed by atoms with van der Waals surface area (Å²) in [6, 6.07) is 10.8. The van der Waals surface area contributed by atoms with Crippen LogP contribution in [-0.4, -0.2) is 42.3 Å². The predicted molar refractivity (Wildman–Crippen MR) is 129 cm³/mol. The van der Waals surface area contributed by atoms with Gasteiger partial charge in [0.1, 0.15) is 34.9 Å². The molecule has 0 saturated carbocycles. The Morgan fingerprint density at radius 3 is 2.82 bits per heavy atom. The Morgan fingerprint density at radius 2 is 2.09 bits per heavy atom. The van der Waals surface area contributed by atoms with Crippen molar-refractivity contribution in [2.24, 2.45) is 0 Å². The van der Waals surface area contributed by atoms with Gasteiger partial charge in [0, 0.05) is 52.1 Å². The van der Waals surface area contributed by atoms with Crippen LogP contribution in [0.3, 0.4) is 0 Å². The number of halogens is 3. The van der Waals surface area contributed by atoms with Gasteiger partial charge < -0.3 is 5.11 Å². The van der Waals surface area contributed by atoms with Crippen molar-refractivity contribution in [1.29, 1.82) is 0 Å². The number of rotatable bonds is 6. The smallest absolute Gasteiger partial charge is 0.137 e. The third-order valence-corrected chi connectivity index (χ3v) is 7.96. The zero-order valence-electron chi connectivity index (χ0n) is 18.3. The summed E-state index contributed by atoms with van der Waals surface area (Å²) in [6.07, 6.45) is 3.55. The molecule has 0 spiro atoms. The van der Waals surface area contributed by atoms with Crippen LogP contribution < -0.4 is 0 Å². The summed E-state index contributed by atoms with van der Waals surface area (Å²) >= 11 is 5.14. The monoisotopic (exact) mass is 545 g/mol. The lowest BCUT2D eigenvalue weighted by Crippen LogP contribution is -2.53. The van der Waals surface area contributed by atoms with E-state index in [0.29, 0.717) is 13.1 Å². The first-order valence-corrected chi connectivity index (χ1v) is 12.4. The maximum Gasteiger partial charge on any atom is 0.137 e. The molecule has 6 nitrogen and oxygen atoms in total. The van der Waals surface area contributed by atoms with Gasteiger partial charge in [-0.3, -0.25) is 4.90 Å². The number of thiazole rings is 1. The molecule has 0 radical (unpaired) electrons. The maximum atomic E-state index is 14.9. The van der Waals surface area contributed by atoms with Gasteiger partial charge in [0.05, 0.1) is 12.2 Å². The predicted octanol–water partition coefficient (Wildman–Crippen LogP) is 4.78. The van der Waals surface area contributed by atoms with Crippen LogP contribution in [0.15, 0.2) is 59.6 Å². The molecule has 34 heavy (non-hydrogen) atoms. The molecular weight excluding hydrogens is 524 g/mol. The second-order valence-corrected chi connectivity index (χ2v) is 10.4. The van der Waals surface area contributed by atoms with Crippen molar-refractivity contribution in [2.75, 3.05) is 6.54 Å². The standard InChI is InChI=1S/C24H22BrF2N5OS/c1-15(24(33,12-32-14-28-13-29-32)19-6-5-18(26)10-20(19)27)31-8-7-21-22(11-31)34-23(30-21)16-3-2-4-17(25)9-16/h2-6,9-10,13-15,33H,7-8,11-12H2,1H3/t15-,24-/m1/s1. The quantitative estimate of drug-likeness (QED) is 0.377. The first-order chi connectivity index (χ1) is 16.3. The Balaban J connectivity index is 1.46. The summed E-state index contributed by atoms with van der Waals surface area (Å²) in [7, 11) is 0. The normalized spacial score (nSPS) is 16.7. The largest absolute Gasteiger partial charge is 0.381 e. The van der Waals surface area contributed by atoms with Crippen molar-refractivity contribution in [3.8, 4) is 10.6 Å². The molecule has 0 fully saturated rings. The van der Waals surface area contributed by atoms with E-state index in [1.54, 1.807) is 11.3 Å². The Hall–Kier alpha value is -2.53. The molecule has 0 saturated heterocycles. The number of benzene rings is 2. The first kappa shape index (κ1) is 23.2. The second-order valence-electron chi connectivity index (χ2n) is 8.44. The number of hydrogen-bond donors (Lipinski definition) is 1. The third kappa shape index (κ3) is 4.43. The number of hydrogen-bond acceptors (Lipinski definition) is 6. The minimum Gasteiger partial charge on any atom is -0.381 e. The summed E-state index contributed by atoms with van der Waals surface area (Å²) in [5, 5.41) is 16.9. The summed E-state index contributed by atoms with van der Waals surface area (Å²) in [6.45, 7) is 3.07. The molecule has 5 rings (SSSR count). The van der Waals surface area contributed by atoms with Crippen LogP contribution in [0, 0.1) is 11.6 Å². The minimum absolute atomic E-state index is 0.0218. The zero-order chi connectivity index (χ0) is 23.9. The molecule has 2 aromatic carbocycles. The molecule has 1 N–H and O–H groups in total. The molecule has 0 bridgehead atoms. The van der Waals surface area contributed by atoms with Crippen molar-refractivity contribution in [2.45, 2.75) is 38.1 Å². The lowest BCUT2D eigenvalue weighted by Gasteiger charge is -2.42. The van der Waals surface area contributed by atoms with Gasteiger partial charge in [0.2, 0.25) is 0 Å². The van der Waals surface area contributed by atoms with Crippen LogP contribution in [0.5, 0.6) is 0 Å². The number of aliphatic hydroxyl groups is 1. The van der Waals surface area contributed by atoms with Crippen LogP contribution in [0.2, 0.25) is 0 Å². The number of nitrogens with zero attached hydrogens (tertiary/aromatic N) is 5. The van der Waals surface area contributed by atoms with Crippen molar-refractivity contribution in [3.05, 3.63) is 87.4 Å². The fraction of sp³-hybridized carbons (Fsp3) is 0.292. The van der Waals surface area contributed by atoms with Gasteiger partial charge in [-0.15, -0.1) is 11.3 Å². The highest BCUT2D eigenvalue weighted by Crippen LogP contribution is 2.37. The van der Waals surface area contributed by atoms with Crippen molar-refractivity contribution in [3.63, 3.8) is 0 Å². The maximum absolute atomic E-state index is 14.9. The number of fused-ring (bicyclic) bond motifs is 1. The van der Waals surface area contributed by atoms with Crippen LogP contribution in [-0.2, 0) is 25.1 Å². The van der Waals surface area contributed by atoms with Crippen LogP contribution in [0.25, 0.3) is 10.6 Å². The fourth-order valence-corrected chi connectivity index (χ4v) is 5.97. The molecule has 0 amide bonds. The summed E-state index contributed by atoms with van der Waals surface area (Å²) < 4.78 is 31.0. The summed E-state index contributed by atoms with van der Waals surface area (Å²) in [5.74, 6) is -1.48. The van der Waals surface area contributed by atoms with Crippen LogP contribution >= 0.6 is 27.3 Å². The first-order valence-electron chi connectivity index (χ1n) is 10.8. The molecular formula is C24H22BrF2N5OS. The topological polar surface area (TPSA) is 67.1 Å². The van der Waals surface area contributed by atoms with Gasteiger partial charge in [-0.25, -0.2) is 23.4 Å². The second kappa shape index (κ2) is 9.26. The fourth-order valence-electron chi connectivity index (χ4n) is 4.44. The van der Waals surface area contributed by atoms with E-state index in [4.69, 9.17) is 4.98 Å². The lowest BCUT2D eigenvalue weighted by molar-refractivity contribution is -0.0675. The molecule has 3 heterocycles. The Bertz CT molecular complexity index is 1310. The van der Waals surface area contributed by atoms with Gasteiger partial charge >= 0.3 is 0 Å². The molecule has 1 aliphatic heterocycles. The summed E-state index contributed by atoms with van der Waals surface area (Å²) in [4.78, 5) is 12.0. The van der Waals surface area contributed by atoms with Crippen molar-refractivity contribution >= 4 is 27.3 Å². The average molecular weight is 546 g/mol. The molecule has 2 atom stereocenters. The van der Waals surface area contributed by atoms with Gasteiger partial charge in [-0.1, -0.05) is 34.1 Å². The summed E-state index contributed by atoms with van der Waals surface area (Å²) in [5.41, 5.74) is 0.461.